The summed E-state index contributed by atoms with van der Waals surface area (Å²) >= 11 is 0. The number of rotatable bonds is 49. The van der Waals surface area contributed by atoms with E-state index in [1.165, 1.54) is 25.7 Å². The molecule has 6 heteroatoms. The zero-order chi connectivity index (χ0) is 51.4. The van der Waals surface area contributed by atoms with Crippen molar-refractivity contribution in [2.45, 2.75) is 232 Å². The van der Waals surface area contributed by atoms with E-state index in [0.29, 0.717) is 12.8 Å². The third kappa shape index (κ3) is 56.1. The molecule has 6 nitrogen and oxygen atoms in total. The molecular weight excluding hydrogens is 877 g/mol. The summed E-state index contributed by atoms with van der Waals surface area (Å²) in [5, 5.41) is 0. The number of carbonyl (C=O) groups is 3. The van der Waals surface area contributed by atoms with Gasteiger partial charge in [-0.05, 0) is 141 Å². The van der Waals surface area contributed by atoms with Gasteiger partial charge in [0.15, 0.2) is 6.10 Å². The van der Waals surface area contributed by atoms with Gasteiger partial charge >= 0.3 is 17.9 Å². The normalized spacial score (nSPS) is 13.2. The van der Waals surface area contributed by atoms with Crippen molar-refractivity contribution in [2.24, 2.45) is 0 Å². The van der Waals surface area contributed by atoms with E-state index < -0.39 is 6.10 Å². The van der Waals surface area contributed by atoms with Crippen LogP contribution in [0.15, 0.2) is 146 Å². The molecule has 0 saturated heterocycles. The first-order chi connectivity index (χ1) is 35.0. The first-order valence-electron chi connectivity index (χ1n) is 28.3. The van der Waals surface area contributed by atoms with Crippen LogP contribution in [0.1, 0.15) is 226 Å². The third-order valence-corrected chi connectivity index (χ3v) is 11.3. The molecule has 0 aromatic heterocycles. The van der Waals surface area contributed by atoms with E-state index in [0.717, 1.165) is 161 Å². The Hall–Kier alpha value is -4.71. The highest BCUT2D eigenvalue weighted by molar-refractivity contribution is 5.71. The minimum Gasteiger partial charge on any atom is -0.462 e. The van der Waals surface area contributed by atoms with Gasteiger partial charge in [-0.3, -0.25) is 14.4 Å². The number of hydrogen-bond donors (Lipinski definition) is 0. The average Bonchev–Trinajstić information content (AvgIpc) is 3.37. The van der Waals surface area contributed by atoms with Gasteiger partial charge < -0.3 is 14.2 Å². The van der Waals surface area contributed by atoms with Crippen molar-refractivity contribution in [3.05, 3.63) is 146 Å². The zero-order valence-electron chi connectivity index (χ0n) is 45.4. The van der Waals surface area contributed by atoms with Gasteiger partial charge in [0.25, 0.3) is 0 Å². The van der Waals surface area contributed by atoms with Gasteiger partial charge in [-0.15, -0.1) is 0 Å². The minimum atomic E-state index is -0.822. The molecule has 0 aliphatic rings. The van der Waals surface area contributed by atoms with Gasteiger partial charge in [-0.2, -0.15) is 0 Å². The van der Waals surface area contributed by atoms with E-state index >= 15 is 0 Å². The van der Waals surface area contributed by atoms with Crippen LogP contribution in [0.5, 0.6) is 0 Å². The Balaban J connectivity index is 4.57. The molecule has 71 heavy (non-hydrogen) atoms. The third-order valence-electron chi connectivity index (χ3n) is 11.3. The maximum Gasteiger partial charge on any atom is 0.306 e. The highest BCUT2D eigenvalue weighted by atomic mass is 16.6. The fourth-order valence-electron chi connectivity index (χ4n) is 7.11. The first kappa shape index (κ1) is 66.3. The number of ether oxygens (including phenoxy) is 3. The van der Waals surface area contributed by atoms with Crippen LogP contribution in [0.25, 0.3) is 0 Å². The largest absolute Gasteiger partial charge is 0.462 e. The maximum atomic E-state index is 12.9. The fraction of sp³-hybridized carbons (Fsp3) is 0.585. The monoisotopic (exact) mass is 979 g/mol. The molecule has 0 heterocycles. The van der Waals surface area contributed by atoms with Crippen LogP contribution < -0.4 is 0 Å². The van der Waals surface area contributed by atoms with Crippen LogP contribution in [0.4, 0.5) is 0 Å². The van der Waals surface area contributed by atoms with E-state index in [-0.39, 0.29) is 37.5 Å². The fourth-order valence-corrected chi connectivity index (χ4v) is 7.11. The smallest absolute Gasteiger partial charge is 0.306 e. The molecule has 0 fully saturated rings. The molecular formula is C65H102O6. The minimum absolute atomic E-state index is 0.117. The molecule has 0 aliphatic carbocycles. The summed E-state index contributed by atoms with van der Waals surface area (Å²) in [4.78, 5) is 38.2. The Morgan fingerprint density at radius 3 is 0.859 bits per heavy atom. The molecule has 0 radical (unpaired) electrons. The maximum absolute atomic E-state index is 12.9. The molecule has 0 bridgehead atoms. The van der Waals surface area contributed by atoms with Gasteiger partial charge in [0.05, 0.1) is 0 Å². The van der Waals surface area contributed by atoms with Crippen LogP contribution in [0, 0.1) is 0 Å². The van der Waals surface area contributed by atoms with Crippen molar-refractivity contribution >= 4 is 17.9 Å². The molecule has 0 unspecified atom stereocenters. The van der Waals surface area contributed by atoms with E-state index in [9.17, 15) is 14.4 Å². The molecule has 0 aromatic rings. The van der Waals surface area contributed by atoms with Crippen molar-refractivity contribution in [3.8, 4) is 0 Å². The van der Waals surface area contributed by atoms with Crippen molar-refractivity contribution in [3.63, 3.8) is 0 Å². The van der Waals surface area contributed by atoms with Crippen LogP contribution in [0.2, 0.25) is 0 Å². The number of allylic oxidation sites excluding steroid dienone is 24. The predicted octanol–water partition coefficient (Wildman–Crippen LogP) is 19.2. The molecule has 398 valence electrons. The molecule has 0 saturated carbocycles. The molecule has 0 spiro atoms. The standard InChI is InChI=1S/C65H102O6/c1-4-7-10-13-16-19-22-25-28-31-32-35-37-40-43-46-49-52-55-58-64(67)70-61-62(71-65(68)59-56-53-50-47-44-41-38-34-30-27-24-21-18-15-12-9-6-3)60-69-63(66)57-54-51-48-45-42-39-36-33-29-26-23-20-17-14-11-8-5-2/h8-9,11-12,16-21,25-30,32,35-36,38-41,43,62H,4-7,10,13-15,22-24,31,33-34,37,42,44-61H2,1-3H3/b11-8-,12-9-,19-16-,20-17-,21-18-,28-25-,29-26-,30-27-,35-32-,39-36-,41-38-,43-40-/t62-/m1/s1. The summed E-state index contributed by atoms with van der Waals surface area (Å²) in [6.45, 7) is 6.30. The highest BCUT2D eigenvalue weighted by Gasteiger charge is 2.19. The van der Waals surface area contributed by atoms with Crippen molar-refractivity contribution in [1.29, 1.82) is 0 Å². The lowest BCUT2D eigenvalue weighted by molar-refractivity contribution is -0.167. The number of unbranched alkanes of at least 4 members (excludes halogenated alkanes) is 14. The lowest BCUT2D eigenvalue weighted by Crippen LogP contribution is -2.30. The first-order valence-corrected chi connectivity index (χ1v) is 28.3. The Labute approximate surface area is 436 Å². The molecule has 0 rings (SSSR count). The summed E-state index contributed by atoms with van der Waals surface area (Å²) in [6.07, 6.45) is 82.6. The Kier molecular flexibility index (Phi) is 54.0. The Bertz CT molecular complexity index is 1590. The lowest BCUT2D eigenvalue weighted by Gasteiger charge is -2.18. The molecule has 0 aromatic carbocycles. The average molecular weight is 980 g/mol. The number of carbonyl (C=O) groups excluding carboxylic acids is 3. The summed E-state index contributed by atoms with van der Waals surface area (Å²) in [6, 6.07) is 0. The molecule has 0 aliphatic heterocycles. The van der Waals surface area contributed by atoms with Gasteiger partial charge in [0, 0.05) is 19.3 Å². The van der Waals surface area contributed by atoms with Gasteiger partial charge in [-0.1, -0.05) is 212 Å². The zero-order valence-corrected chi connectivity index (χ0v) is 45.4. The van der Waals surface area contributed by atoms with Crippen molar-refractivity contribution < 1.29 is 28.6 Å². The van der Waals surface area contributed by atoms with Crippen LogP contribution in [-0.2, 0) is 28.6 Å². The van der Waals surface area contributed by atoms with Crippen LogP contribution >= 0.6 is 0 Å². The highest BCUT2D eigenvalue weighted by Crippen LogP contribution is 2.12. The molecule has 0 amide bonds. The van der Waals surface area contributed by atoms with Crippen molar-refractivity contribution in [2.75, 3.05) is 13.2 Å². The van der Waals surface area contributed by atoms with Crippen LogP contribution in [0.3, 0.4) is 0 Å². The van der Waals surface area contributed by atoms with Crippen LogP contribution in [-0.4, -0.2) is 37.2 Å². The number of hydrogen-bond acceptors (Lipinski definition) is 6. The molecule has 0 N–H and O–H groups in total. The Morgan fingerprint density at radius 1 is 0.296 bits per heavy atom. The lowest BCUT2D eigenvalue weighted by atomic mass is 10.1. The van der Waals surface area contributed by atoms with E-state index in [2.05, 4.69) is 167 Å². The second-order valence-electron chi connectivity index (χ2n) is 18.1. The summed E-state index contributed by atoms with van der Waals surface area (Å²) in [7, 11) is 0. The molecule has 1 atom stereocenters. The summed E-state index contributed by atoms with van der Waals surface area (Å²) in [5.74, 6) is -1.00. The van der Waals surface area contributed by atoms with Gasteiger partial charge in [-0.25, -0.2) is 0 Å². The van der Waals surface area contributed by atoms with Crippen molar-refractivity contribution in [1.82, 2.24) is 0 Å². The topological polar surface area (TPSA) is 78.9 Å². The number of esters is 3. The van der Waals surface area contributed by atoms with Gasteiger partial charge in [0.2, 0.25) is 0 Å². The summed E-state index contributed by atoms with van der Waals surface area (Å²) in [5.41, 5.74) is 0. The van der Waals surface area contributed by atoms with E-state index in [4.69, 9.17) is 14.2 Å². The quantitative estimate of drug-likeness (QED) is 0.0262. The van der Waals surface area contributed by atoms with E-state index in [1.54, 1.807) is 0 Å². The summed E-state index contributed by atoms with van der Waals surface area (Å²) < 4.78 is 16.8. The SMILES string of the molecule is CC/C=C\C/C=C\C/C=C\C/C=C\CCCCCCC(=O)OC[C@H](COC(=O)CCCCC/C=C\C/C=C\C/C=C\C/C=C\CCCCC)OC(=O)CCCCCC/C=C\C/C=C\C/C=C\C/C=C\CC. The van der Waals surface area contributed by atoms with Gasteiger partial charge in [0.1, 0.15) is 13.2 Å². The second-order valence-corrected chi connectivity index (χ2v) is 18.1. The Morgan fingerprint density at radius 2 is 0.549 bits per heavy atom. The van der Waals surface area contributed by atoms with E-state index in [1.807, 2.05) is 0 Å². The second kappa shape index (κ2) is 57.9. The predicted molar refractivity (Wildman–Crippen MR) is 306 cm³/mol.